The second kappa shape index (κ2) is 6.70. The van der Waals surface area contributed by atoms with Crippen molar-refractivity contribution < 1.29 is 14.0 Å². The second-order valence-electron chi connectivity index (χ2n) is 3.94. The molecule has 2 rings (SSSR count). The first-order chi connectivity index (χ1) is 9.58. The molecule has 104 valence electrons. The molecule has 0 saturated heterocycles. The fraction of sp³-hybridized carbons (Fsp3) is 0.0714. The summed E-state index contributed by atoms with van der Waals surface area (Å²) in [6.07, 6.45) is 0. The van der Waals surface area contributed by atoms with Crippen molar-refractivity contribution in [3.63, 3.8) is 0 Å². The lowest BCUT2D eigenvalue weighted by Crippen LogP contribution is -2.24. The van der Waals surface area contributed by atoms with Crippen molar-refractivity contribution in [1.82, 2.24) is 5.48 Å². The normalized spacial score (nSPS) is 10.3. The standard InChI is InChI=1S/C14H10Cl2FNO2/c15-10-5-6-12(16)11(7-10)14(19)18-20-8-9-3-1-2-4-13(9)17/h1-7H,8H2,(H,18,19). The van der Waals surface area contributed by atoms with Gasteiger partial charge in [0.2, 0.25) is 0 Å². The third-order valence-corrected chi connectivity index (χ3v) is 3.09. The highest BCUT2D eigenvalue weighted by Crippen LogP contribution is 2.20. The molecule has 0 aliphatic rings. The van der Waals surface area contributed by atoms with E-state index in [9.17, 15) is 9.18 Å². The Morgan fingerprint density at radius 1 is 1.20 bits per heavy atom. The molecule has 20 heavy (non-hydrogen) atoms. The van der Waals surface area contributed by atoms with Crippen LogP contribution < -0.4 is 5.48 Å². The Balaban J connectivity index is 1.96. The average molecular weight is 314 g/mol. The summed E-state index contributed by atoms with van der Waals surface area (Å²) in [7, 11) is 0. The molecule has 0 aromatic heterocycles. The van der Waals surface area contributed by atoms with E-state index in [1.807, 2.05) is 0 Å². The van der Waals surface area contributed by atoms with Crippen LogP contribution in [0.4, 0.5) is 4.39 Å². The molecule has 2 aromatic rings. The van der Waals surface area contributed by atoms with E-state index in [2.05, 4.69) is 5.48 Å². The molecule has 0 aliphatic heterocycles. The Morgan fingerprint density at radius 3 is 2.70 bits per heavy atom. The van der Waals surface area contributed by atoms with E-state index in [4.69, 9.17) is 28.0 Å². The van der Waals surface area contributed by atoms with Gasteiger partial charge >= 0.3 is 0 Å². The SMILES string of the molecule is O=C(NOCc1ccccc1F)c1cc(Cl)ccc1Cl. The number of hydrogen-bond acceptors (Lipinski definition) is 2. The van der Waals surface area contributed by atoms with Gasteiger partial charge in [-0.15, -0.1) is 0 Å². The molecule has 3 nitrogen and oxygen atoms in total. The third kappa shape index (κ3) is 3.70. The first-order valence-electron chi connectivity index (χ1n) is 5.68. The summed E-state index contributed by atoms with van der Waals surface area (Å²) in [6, 6.07) is 10.6. The maximum absolute atomic E-state index is 13.3. The van der Waals surface area contributed by atoms with Crippen molar-refractivity contribution in [2.75, 3.05) is 0 Å². The zero-order chi connectivity index (χ0) is 14.5. The van der Waals surface area contributed by atoms with Gasteiger partial charge in [0, 0.05) is 10.6 Å². The molecular weight excluding hydrogens is 304 g/mol. The van der Waals surface area contributed by atoms with Gasteiger partial charge in [0.15, 0.2) is 0 Å². The topological polar surface area (TPSA) is 38.3 Å². The molecule has 0 aliphatic carbocycles. The van der Waals surface area contributed by atoms with Crippen molar-refractivity contribution in [3.05, 3.63) is 69.5 Å². The monoisotopic (exact) mass is 313 g/mol. The minimum absolute atomic E-state index is 0.0867. The van der Waals surface area contributed by atoms with Crippen LogP contribution in [0, 0.1) is 5.82 Å². The first kappa shape index (κ1) is 14.8. The second-order valence-corrected chi connectivity index (χ2v) is 4.78. The van der Waals surface area contributed by atoms with Gasteiger partial charge in [-0.25, -0.2) is 9.87 Å². The molecular formula is C14H10Cl2FNO2. The molecule has 0 atom stereocenters. The molecule has 0 bridgehead atoms. The van der Waals surface area contributed by atoms with Gasteiger partial charge in [-0.3, -0.25) is 9.63 Å². The average Bonchev–Trinajstić information content (AvgIpc) is 2.43. The molecule has 6 heteroatoms. The Bertz CT molecular complexity index is 634. The smallest absolute Gasteiger partial charge is 0.268 e. The summed E-state index contributed by atoms with van der Waals surface area (Å²) in [5.41, 5.74) is 2.72. The minimum Gasteiger partial charge on any atom is -0.268 e. The van der Waals surface area contributed by atoms with E-state index < -0.39 is 11.7 Å². The summed E-state index contributed by atoms with van der Waals surface area (Å²) < 4.78 is 13.3. The zero-order valence-corrected chi connectivity index (χ0v) is 11.7. The van der Waals surface area contributed by atoms with Crippen molar-refractivity contribution in [2.24, 2.45) is 0 Å². The number of carbonyl (C=O) groups is 1. The number of nitrogens with one attached hydrogen (secondary N) is 1. The van der Waals surface area contributed by atoms with Gasteiger partial charge in [0.25, 0.3) is 5.91 Å². The van der Waals surface area contributed by atoms with E-state index >= 15 is 0 Å². The van der Waals surface area contributed by atoms with E-state index in [1.165, 1.54) is 18.2 Å². The molecule has 0 spiro atoms. The molecule has 0 unspecified atom stereocenters. The highest BCUT2D eigenvalue weighted by Gasteiger charge is 2.11. The molecule has 1 amide bonds. The van der Waals surface area contributed by atoms with Gasteiger partial charge in [-0.2, -0.15) is 0 Å². The van der Waals surface area contributed by atoms with Crippen LogP contribution >= 0.6 is 23.2 Å². The number of halogens is 3. The van der Waals surface area contributed by atoms with Crippen molar-refractivity contribution in [2.45, 2.75) is 6.61 Å². The van der Waals surface area contributed by atoms with Crippen LogP contribution in [0.2, 0.25) is 10.0 Å². The van der Waals surface area contributed by atoms with E-state index in [1.54, 1.807) is 24.3 Å². The van der Waals surface area contributed by atoms with Crippen LogP contribution in [0.1, 0.15) is 15.9 Å². The Morgan fingerprint density at radius 2 is 1.95 bits per heavy atom. The maximum Gasteiger partial charge on any atom is 0.276 e. The van der Waals surface area contributed by atoms with Crippen LogP contribution in [-0.2, 0) is 11.4 Å². The Hall–Kier alpha value is -1.62. The number of carbonyl (C=O) groups excluding carboxylic acids is 1. The van der Waals surface area contributed by atoms with Gasteiger partial charge < -0.3 is 0 Å². The first-order valence-corrected chi connectivity index (χ1v) is 6.44. The molecule has 0 fully saturated rings. The zero-order valence-electron chi connectivity index (χ0n) is 10.2. The maximum atomic E-state index is 13.3. The van der Waals surface area contributed by atoms with Gasteiger partial charge in [0.1, 0.15) is 12.4 Å². The van der Waals surface area contributed by atoms with Crippen LogP contribution in [0.3, 0.4) is 0 Å². The highest BCUT2D eigenvalue weighted by atomic mass is 35.5. The molecule has 0 saturated carbocycles. The van der Waals surface area contributed by atoms with Crippen molar-refractivity contribution in [3.8, 4) is 0 Å². The molecule has 1 N–H and O–H groups in total. The lowest BCUT2D eigenvalue weighted by Gasteiger charge is -2.08. The summed E-state index contributed by atoms with van der Waals surface area (Å²) in [6.45, 7) is -0.0867. The number of rotatable bonds is 4. The van der Waals surface area contributed by atoms with E-state index in [0.717, 1.165) is 0 Å². The van der Waals surface area contributed by atoms with E-state index in [0.29, 0.717) is 10.6 Å². The van der Waals surface area contributed by atoms with Crippen molar-refractivity contribution in [1.29, 1.82) is 0 Å². The molecule has 0 radical (unpaired) electrons. The number of benzene rings is 2. The number of hydrogen-bond donors (Lipinski definition) is 1. The highest BCUT2D eigenvalue weighted by molar-refractivity contribution is 6.35. The summed E-state index contributed by atoms with van der Waals surface area (Å²) in [4.78, 5) is 16.8. The van der Waals surface area contributed by atoms with Gasteiger partial charge in [-0.1, -0.05) is 41.4 Å². The fourth-order valence-corrected chi connectivity index (χ4v) is 1.90. The predicted molar refractivity (Wildman–Crippen MR) is 75.1 cm³/mol. The fourth-order valence-electron chi connectivity index (χ4n) is 1.52. The Labute approximate surface area is 125 Å². The predicted octanol–water partition coefficient (Wildman–Crippen LogP) is 3.99. The van der Waals surface area contributed by atoms with E-state index in [-0.39, 0.29) is 17.2 Å². The summed E-state index contributed by atoms with van der Waals surface area (Å²) in [5.74, 6) is -0.948. The van der Waals surface area contributed by atoms with Crippen molar-refractivity contribution >= 4 is 29.1 Å². The van der Waals surface area contributed by atoms with Gasteiger partial charge in [-0.05, 0) is 24.3 Å². The van der Waals surface area contributed by atoms with Crippen LogP contribution in [-0.4, -0.2) is 5.91 Å². The summed E-state index contributed by atoms with van der Waals surface area (Å²) in [5, 5.41) is 0.634. The molecule has 2 aromatic carbocycles. The number of hydroxylamine groups is 1. The molecule has 0 heterocycles. The lowest BCUT2D eigenvalue weighted by atomic mass is 10.2. The quantitative estimate of drug-likeness (QED) is 0.867. The largest absolute Gasteiger partial charge is 0.276 e. The third-order valence-electron chi connectivity index (χ3n) is 2.52. The van der Waals surface area contributed by atoms with Crippen LogP contribution in [0.25, 0.3) is 0 Å². The van der Waals surface area contributed by atoms with Crippen LogP contribution in [0.5, 0.6) is 0 Å². The minimum atomic E-state index is -0.547. The Kier molecular flexibility index (Phi) is 4.95. The van der Waals surface area contributed by atoms with Gasteiger partial charge in [0.05, 0.1) is 10.6 Å². The summed E-state index contributed by atoms with van der Waals surface area (Å²) >= 11 is 11.7. The number of amides is 1. The lowest BCUT2D eigenvalue weighted by molar-refractivity contribution is 0.0224. The van der Waals surface area contributed by atoms with Crippen LogP contribution in [0.15, 0.2) is 42.5 Å².